The molecule has 1 unspecified atom stereocenters. The molecule has 120 valence electrons. The Kier molecular flexibility index (Phi) is 5.80. The maximum atomic E-state index is 12.1. The first kappa shape index (κ1) is 16.6. The quantitative estimate of drug-likeness (QED) is 0.621. The van der Waals surface area contributed by atoms with Crippen LogP contribution in [0.15, 0.2) is 66.7 Å². The van der Waals surface area contributed by atoms with Crippen LogP contribution in [0.5, 0.6) is 5.75 Å². The first-order chi connectivity index (χ1) is 11.2. The van der Waals surface area contributed by atoms with Crippen LogP contribution >= 0.6 is 0 Å². The zero-order valence-electron chi connectivity index (χ0n) is 13.4. The van der Waals surface area contributed by atoms with Crippen molar-refractivity contribution in [2.24, 2.45) is 0 Å². The van der Waals surface area contributed by atoms with Gasteiger partial charge in [-0.15, -0.1) is 0 Å². The highest BCUT2D eigenvalue weighted by atomic mass is 16.5. The Bertz CT molecular complexity index is 650. The van der Waals surface area contributed by atoms with Crippen molar-refractivity contribution in [3.05, 3.63) is 72.3 Å². The number of rotatable bonds is 7. The van der Waals surface area contributed by atoms with Crippen LogP contribution in [0.2, 0.25) is 0 Å². The molecule has 23 heavy (non-hydrogen) atoms. The lowest BCUT2D eigenvalue weighted by molar-refractivity contribution is -0.138. The van der Waals surface area contributed by atoms with Gasteiger partial charge in [0.2, 0.25) is 0 Å². The fourth-order valence-electron chi connectivity index (χ4n) is 2.21. The molecule has 0 amide bonds. The number of esters is 1. The van der Waals surface area contributed by atoms with Crippen molar-refractivity contribution in [1.29, 1.82) is 0 Å². The highest BCUT2D eigenvalue weighted by Gasteiger charge is 2.22. The summed E-state index contributed by atoms with van der Waals surface area (Å²) in [5.41, 5.74) is 2.17. The van der Waals surface area contributed by atoms with E-state index >= 15 is 0 Å². The number of benzene rings is 2. The molecule has 2 aromatic carbocycles. The van der Waals surface area contributed by atoms with E-state index in [0.717, 1.165) is 17.0 Å². The average Bonchev–Trinajstić information content (AvgIpc) is 2.60. The molecule has 0 fully saturated rings. The van der Waals surface area contributed by atoms with Gasteiger partial charge >= 0.3 is 5.97 Å². The molecule has 0 heterocycles. The molecule has 0 saturated carbocycles. The molecule has 0 aromatic heterocycles. The zero-order valence-corrected chi connectivity index (χ0v) is 13.4. The van der Waals surface area contributed by atoms with Crippen molar-refractivity contribution in [1.82, 2.24) is 0 Å². The van der Waals surface area contributed by atoms with Crippen LogP contribution < -0.4 is 10.1 Å². The van der Waals surface area contributed by atoms with E-state index < -0.39 is 5.97 Å². The van der Waals surface area contributed by atoms with Gasteiger partial charge in [0.1, 0.15) is 5.75 Å². The standard InChI is InChI=1S/C19H21NO3/c1-4-23-19(21)14(2)18(20-16-8-6-5-7-9-16)15-10-12-17(22-3)13-11-15/h5-13,18,20H,2,4H2,1,3H3. The van der Waals surface area contributed by atoms with Crippen molar-refractivity contribution in [2.45, 2.75) is 13.0 Å². The molecule has 0 bridgehead atoms. The first-order valence-corrected chi connectivity index (χ1v) is 7.47. The molecule has 1 N–H and O–H groups in total. The Morgan fingerprint density at radius 2 is 1.78 bits per heavy atom. The van der Waals surface area contributed by atoms with E-state index in [0.29, 0.717) is 12.2 Å². The maximum Gasteiger partial charge on any atom is 0.335 e. The van der Waals surface area contributed by atoms with E-state index in [9.17, 15) is 4.79 Å². The van der Waals surface area contributed by atoms with E-state index in [1.54, 1.807) is 14.0 Å². The largest absolute Gasteiger partial charge is 0.497 e. The second-order valence-electron chi connectivity index (χ2n) is 4.96. The number of ether oxygens (including phenoxy) is 2. The normalized spacial score (nSPS) is 11.4. The van der Waals surface area contributed by atoms with Crippen molar-refractivity contribution < 1.29 is 14.3 Å². The van der Waals surface area contributed by atoms with Crippen LogP contribution in [-0.2, 0) is 9.53 Å². The summed E-state index contributed by atoms with van der Waals surface area (Å²) in [5.74, 6) is 0.353. The van der Waals surface area contributed by atoms with E-state index in [2.05, 4.69) is 11.9 Å². The highest BCUT2D eigenvalue weighted by Crippen LogP contribution is 2.28. The minimum absolute atomic E-state index is 0.318. The molecule has 2 rings (SSSR count). The van der Waals surface area contributed by atoms with Gasteiger partial charge < -0.3 is 14.8 Å². The summed E-state index contributed by atoms with van der Waals surface area (Å²) in [4.78, 5) is 12.1. The number of carbonyl (C=O) groups is 1. The maximum absolute atomic E-state index is 12.1. The smallest absolute Gasteiger partial charge is 0.335 e. The van der Waals surface area contributed by atoms with Crippen LogP contribution in [0.4, 0.5) is 5.69 Å². The van der Waals surface area contributed by atoms with Gasteiger partial charge in [-0.3, -0.25) is 0 Å². The van der Waals surface area contributed by atoms with Gasteiger partial charge in [0.05, 0.1) is 25.3 Å². The molecule has 4 nitrogen and oxygen atoms in total. The van der Waals surface area contributed by atoms with Crippen LogP contribution in [0.1, 0.15) is 18.5 Å². The summed E-state index contributed by atoms with van der Waals surface area (Å²) >= 11 is 0. The van der Waals surface area contributed by atoms with Gasteiger partial charge in [-0.1, -0.05) is 36.9 Å². The summed E-state index contributed by atoms with van der Waals surface area (Å²) in [6.07, 6.45) is 0. The number of hydrogen-bond donors (Lipinski definition) is 1. The van der Waals surface area contributed by atoms with Crippen LogP contribution in [0.3, 0.4) is 0 Å². The van der Waals surface area contributed by atoms with Crippen LogP contribution in [0, 0.1) is 0 Å². The molecule has 1 atom stereocenters. The highest BCUT2D eigenvalue weighted by molar-refractivity contribution is 5.90. The number of para-hydroxylation sites is 1. The monoisotopic (exact) mass is 311 g/mol. The SMILES string of the molecule is C=C(C(=O)OCC)C(Nc1ccccc1)c1ccc(OC)cc1. The fourth-order valence-corrected chi connectivity index (χ4v) is 2.21. The summed E-state index contributed by atoms with van der Waals surface area (Å²) in [7, 11) is 1.62. The lowest BCUT2D eigenvalue weighted by Gasteiger charge is -2.22. The minimum atomic E-state index is -0.406. The molecular formula is C19H21NO3. The molecular weight excluding hydrogens is 290 g/mol. The molecule has 0 aliphatic carbocycles. The second kappa shape index (κ2) is 8.03. The van der Waals surface area contributed by atoms with Crippen LogP contribution in [0.25, 0.3) is 0 Å². The fraction of sp³-hybridized carbons (Fsp3) is 0.211. The van der Waals surface area contributed by atoms with E-state index in [1.165, 1.54) is 0 Å². The Balaban J connectivity index is 2.29. The molecule has 0 radical (unpaired) electrons. The third-order valence-corrected chi connectivity index (χ3v) is 3.42. The van der Waals surface area contributed by atoms with Gasteiger partial charge in [-0.05, 0) is 36.8 Å². The Hall–Kier alpha value is -2.75. The van der Waals surface area contributed by atoms with Crippen molar-refractivity contribution in [3.8, 4) is 5.75 Å². The lowest BCUT2D eigenvalue weighted by atomic mass is 9.99. The summed E-state index contributed by atoms with van der Waals surface area (Å²) in [6, 6.07) is 16.8. The molecule has 0 saturated heterocycles. The lowest BCUT2D eigenvalue weighted by Crippen LogP contribution is -2.20. The Labute approximate surface area is 136 Å². The summed E-state index contributed by atoms with van der Waals surface area (Å²) in [6.45, 7) is 6.01. The summed E-state index contributed by atoms with van der Waals surface area (Å²) < 4.78 is 10.3. The van der Waals surface area contributed by atoms with Gasteiger partial charge in [0.25, 0.3) is 0 Å². The molecule has 0 spiro atoms. The minimum Gasteiger partial charge on any atom is -0.497 e. The van der Waals surface area contributed by atoms with Crippen molar-refractivity contribution >= 4 is 11.7 Å². The van der Waals surface area contributed by atoms with Crippen molar-refractivity contribution in [2.75, 3.05) is 19.0 Å². The average molecular weight is 311 g/mol. The van der Waals surface area contributed by atoms with Gasteiger partial charge in [-0.25, -0.2) is 4.79 Å². The second-order valence-corrected chi connectivity index (χ2v) is 4.96. The van der Waals surface area contributed by atoms with Gasteiger partial charge in [0, 0.05) is 5.69 Å². The van der Waals surface area contributed by atoms with Gasteiger partial charge in [0.15, 0.2) is 0 Å². The molecule has 4 heteroatoms. The Morgan fingerprint density at radius 1 is 1.13 bits per heavy atom. The number of nitrogens with one attached hydrogen (secondary N) is 1. The number of methoxy groups -OCH3 is 1. The predicted molar refractivity (Wildman–Crippen MR) is 91.6 cm³/mol. The topological polar surface area (TPSA) is 47.6 Å². The first-order valence-electron chi connectivity index (χ1n) is 7.47. The number of carbonyl (C=O) groups excluding carboxylic acids is 1. The van der Waals surface area contributed by atoms with Crippen molar-refractivity contribution in [3.63, 3.8) is 0 Å². The molecule has 2 aromatic rings. The Morgan fingerprint density at radius 3 is 2.35 bits per heavy atom. The van der Waals surface area contributed by atoms with Crippen LogP contribution in [-0.4, -0.2) is 19.7 Å². The van der Waals surface area contributed by atoms with E-state index in [-0.39, 0.29) is 6.04 Å². The molecule has 0 aliphatic heterocycles. The van der Waals surface area contributed by atoms with Gasteiger partial charge in [-0.2, -0.15) is 0 Å². The zero-order chi connectivity index (χ0) is 16.7. The third kappa shape index (κ3) is 4.36. The number of anilines is 1. The summed E-state index contributed by atoms with van der Waals surface area (Å²) in [5, 5.41) is 3.33. The number of hydrogen-bond acceptors (Lipinski definition) is 4. The molecule has 0 aliphatic rings. The third-order valence-electron chi connectivity index (χ3n) is 3.42. The van der Waals surface area contributed by atoms with E-state index in [4.69, 9.17) is 9.47 Å². The van der Waals surface area contributed by atoms with E-state index in [1.807, 2.05) is 54.6 Å². The predicted octanol–water partition coefficient (Wildman–Crippen LogP) is 3.97.